The maximum atomic E-state index is 12.3. The van der Waals surface area contributed by atoms with Gasteiger partial charge in [-0.25, -0.2) is 27.6 Å². The Labute approximate surface area is 196 Å². The molecule has 1 saturated heterocycles. The first-order chi connectivity index (χ1) is 16.3. The molecule has 3 rings (SSSR count). The highest BCUT2D eigenvalue weighted by molar-refractivity contribution is 7.69. The summed E-state index contributed by atoms with van der Waals surface area (Å²) in [7, 11) is -23.3. The number of nitrogens with zero attached hydrogens (tertiary/aromatic N) is 2. The minimum Gasteiger partial charge on any atom is -0.390 e. The second-order valence-corrected chi connectivity index (χ2v) is 12.8. The number of H-pyrrole nitrogens is 2. The molecule has 0 saturated carbocycles. The standard InChI is InChI=1S/C10H17N5O17P4/c11-9-13-7-6(8(17)14-9)12-10(18)15(7)5-1-3(16)4(29-5)2-28-34(22,23)31-36(26,27)32-35(24,25)30-33(19,20)21/h3-5,16H,1-2H2,(H,12,18)(H,22,23)(H,24,25)(H,26,27)(H2,19,20,21)(H3,11,13,14,17)/t3-,4+,5+/m0/s1. The number of hydrogen-bond donors (Lipinski definition) is 9. The first kappa shape index (κ1) is 29.0. The van der Waals surface area contributed by atoms with E-state index in [1.807, 2.05) is 0 Å². The zero-order chi connectivity index (χ0) is 27.3. The Kier molecular flexibility index (Phi) is 8.02. The van der Waals surface area contributed by atoms with Crippen molar-refractivity contribution in [1.29, 1.82) is 0 Å². The summed E-state index contributed by atoms with van der Waals surface area (Å²) in [5, 5.41) is 10.2. The molecule has 22 nitrogen and oxygen atoms in total. The number of ether oxygens (including phenoxy) is 1. The Bertz CT molecular complexity index is 1460. The zero-order valence-corrected chi connectivity index (χ0v) is 20.7. The van der Waals surface area contributed by atoms with E-state index in [-0.39, 0.29) is 23.5 Å². The van der Waals surface area contributed by atoms with Gasteiger partial charge in [0.2, 0.25) is 5.95 Å². The summed E-state index contributed by atoms with van der Waals surface area (Å²) in [6.07, 6.45) is -4.57. The van der Waals surface area contributed by atoms with Crippen molar-refractivity contribution < 1.29 is 70.0 Å². The number of imidazole rings is 1. The molecule has 1 aliphatic rings. The normalized spacial score (nSPS) is 25.9. The molecule has 0 radical (unpaired) electrons. The highest BCUT2D eigenvalue weighted by Crippen LogP contribution is 2.70. The number of fused-ring (bicyclic) bond motifs is 1. The molecule has 36 heavy (non-hydrogen) atoms. The average molecular weight is 603 g/mol. The van der Waals surface area contributed by atoms with Gasteiger partial charge >= 0.3 is 37.0 Å². The number of nitrogens with two attached hydrogens (primary N) is 1. The second kappa shape index (κ2) is 9.95. The van der Waals surface area contributed by atoms with Crippen molar-refractivity contribution in [2.75, 3.05) is 12.3 Å². The molecule has 0 amide bonds. The first-order valence-electron chi connectivity index (χ1n) is 8.93. The molecule has 2 aromatic rings. The van der Waals surface area contributed by atoms with Crippen LogP contribution < -0.4 is 17.0 Å². The average Bonchev–Trinajstić information content (AvgIpc) is 3.15. The van der Waals surface area contributed by atoms with E-state index in [1.54, 1.807) is 0 Å². The van der Waals surface area contributed by atoms with Crippen LogP contribution in [0, 0.1) is 0 Å². The van der Waals surface area contributed by atoms with Crippen molar-refractivity contribution in [2.24, 2.45) is 0 Å². The number of nitrogens with one attached hydrogen (secondary N) is 2. The predicted molar refractivity (Wildman–Crippen MR) is 111 cm³/mol. The van der Waals surface area contributed by atoms with Gasteiger partial charge < -0.3 is 40.0 Å². The summed E-state index contributed by atoms with van der Waals surface area (Å²) in [6.45, 7) is -1.03. The maximum Gasteiger partial charge on any atom is 0.490 e. The molecular formula is C10H17N5O17P4. The van der Waals surface area contributed by atoms with E-state index >= 15 is 0 Å². The molecule has 10 N–H and O–H groups in total. The van der Waals surface area contributed by atoms with Crippen LogP contribution in [-0.2, 0) is 40.5 Å². The molecule has 0 spiro atoms. The van der Waals surface area contributed by atoms with Crippen LogP contribution >= 0.6 is 31.3 Å². The number of aliphatic hydroxyl groups excluding tert-OH is 1. The van der Waals surface area contributed by atoms with Gasteiger partial charge in [-0.15, -0.1) is 0 Å². The van der Waals surface area contributed by atoms with Crippen molar-refractivity contribution in [3.05, 3.63) is 20.8 Å². The first-order valence-corrected chi connectivity index (χ1v) is 15.0. The highest BCUT2D eigenvalue weighted by Gasteiger charge is 2.46. The lowest BCUT2D eigenvalue weighted by Crippen LogP contribution is -2.26. The van der Waals surface area contributed by atoms with Gasteiger partial charge in [-0.05, 0) is 0 Å². The summed E-state index contributed by atoms with van der Waals surface area (Å²) in [5.74, 6) is -0.341. The molecule has 1 aliphatic heterocycles. The quantitative estimate of drug-likeness (QED) is 0.134. The summed E-state index contributed by atoms with van der Waals surface area (Å²) in [5.41, 5.74) is 3.30. The lowest BCUT2D eigenvalue weighted by molar-refractivity contribution is -0.0432. The van der Waals surface area contributed by atoms with Gasteiger partial charge in [0.25, 0.3) is 5.56 Å². The third-order valence-corrected chi connectivity index (χ3v) is 9.57. The Balaban J connectivity index is 1.68. The number of phosphoric ester groups is 1. The third-order valence-electron chi connectivity index (χ3n) is 4.11. The van der Waals surface area contributed by atoms with Gasteiger partial charge in [-0.3, -0.25) is 19.3 Å². The molecule has 26 heteroatoms. The van der Waals surface area contributed by atoms with Crippen LogP contribution in [0.25, 0.3) is 11.2 Å². The minimum absolute atomic E-state index is 0.236. The summed E-state index contributed by atoms with van der Waals surface area (Å²) in [6, 6.07) is 0. The van der Waals surface area contributed by atoms with Crippen LogP contribution in [0.1, 0.15) is 12.6 Å². The number of phosphoric acid groups is 4. The predicted octanol–water partition coefficient (Wildman–Crippen LogP) is -1.90. The minimum atomic E-state index is -6.02. The molecule has 2 aromatic heterocycles. The van der Waals surface area contributed by atoms with Gasteiger partial charge in [-0.1, -0.05) is 0 Å². The van der Waals surface area contributed by atoms with E-state index in [2.05, 4.69) is 32.4 Å². The van der Waals surface area contributed by atoms with Crippen molar-refractivity contribution in [3.8, 4) is 0 Å². The van der Waals surface area contributed by atoms with E-state index in [0.717, 1.165) is 4.57 Å². The van der Waals surface area contributed by atoms with Crippen molar-refractivity contribution in [2.45, 2.75) is 24.9 Å². The number of nitrogen functional groups attached to an aromatic ring is 1. The highest BCUT2D eigenvalue weighted by atomic mass is 31.3. The molecule has 1 fully saturated rings. The summed E-state index contributed by atoms with van der Waals surface area (Å²) >= 11 is 0. The lowest BCUT2D eigenvalue weighted by Gasteiger charge is -2.20. The third kappa shape index (κ3) is 7.26. The molecule has 3 unspecified atom stereocenters. The number of aromatic amines is 2. The lowest BCUT2D eigenvalue weighted by atomic mass is 10.2. The number of hydrogen-bond acceptors (Lipinski definition) is 14. The van der Waals surface area contributed by atoms with Crippen LogP contribution in [0.2, 0.25) is 0 Å². The van der Waals surface area contributed by atoms with Gasteiger partial charge in [0.05, 0.1) is 12.7 Å². The molecule has 204 valence electrons. The van der Waals surface area contributed by atoms with E-state index < -0.39 is 67.6 Å². The van der Waals surface area contributed by atoms with E-state index in [1.165, 1.54) is 0 Å². The molecular weight excluding hydrogens is 586 g/mol. The SMILES string of the molecule is Nc1nc2c([nH]c(=O)n2[C@H]2C[C@H](O)[C@@H](COP(=O)(O)OP(=O)(O)OP(=O)(O)OP(=O)(O)O)O2)c(=O)[nH]1. The van der Waals surface area contributed by atoms with Crippen LogP contribution in [-0.4, -0.2) is 67.9 Å². The van der Waals surface area contributed by atoms with E-state index in [4.69, 9.17) is 25.2 Å². The summed E-state index contributed by atoms with van der Waals surface area (Å²) < 4.78 is 66.6. The molecule has 6 atom stereocenters. The van der Waals surface area contributed by atoms with Gasteiger partial charge in [0, 0.05) is 6.42 Å². The fraction of sp³-hybridized carbons (Fsp3) is 0.500. The monoisotopic (exact) mass is 603 g/mol. The van der Waals surface area contributed by atoms with Crippen LogP contribution in [0.5, 0.6) is 0 Å². The smallest absolute Gasteiger partial charge is 0.390 e. The topological polar surface area (TPSA) is 345 Å². The fourth-order valence-electron chi connectivity index (χ4n) is 2.94. The zero-order valence-electron chi connectivity index (χ0n) is 17.1. The Hall–Kier alpha value is -1.57. The second-order valence-electron chi connectivity index (χ2n) is 6.82. The Morgan fingerprint density at radius 2 is 1.58 bits per heavy atom. The number of aromatic nitrogens is 4. The van der Waals surface area contributed by atoms with Gasteiger partial charge in [0.15, 0.2) is 11.2 Å². The van der Waals surface area contributed by atoms with E-state index in [9.17, 15) is 42.7 Å². The molecule has 0 aromatic carbocycles. The maximum absolute atomic E-state index is 12.3. The Morgan fingerprint density at radius 3 is 2.19 bits per heavy atom. The fourth-order valence-corrected chi connectivity index (χ4v) is 7.40. The van der Waals surface area contributed by atoms with Gasteiger partial charge in [0.1, 0.15) is 12.3 Å². The van der Waals surface area contributed by atoms with Crippen molar-refractivity contribution in [3.63, 3.8) is 0 Å². The molecule has 3 heterocycles. The van der Waals surface area contributed by atoms with Crippen molar-refractivity contribution >= 4 is 48.4 Å². The summed E-state index contributed by atoms with van der Waals surface area (Å²) in [4.78, 5) is 77.3. The van der Waals surface area contributed by atoms with Crippen LogP contribution in [0.15, 0.2) is 9.59 Å². The number of rotatable bonds is 10. The number of aliphatic hydroxyl groups is 1. The largest absolute Gasteiger partial charge is 0.490 e. The van der Waals surface area contributed by atoms with Crippen LogP contribution in [0.4, 0.5) is 5.95 Å². The van der Waals surface area contributed by atoms with E-state index in [0.29, 0.717) is 0 Å². The molecule has 0 aliphatic carbocycles. The number of anilines is 1. The molecule has 0 bridgehead atoms. The Morgan fingerprint density at radius 1 is 1.00 bits per heavy atom. The van der Waals surface area contributed by atoms with Crippen molar-refractivity contribution in [1.82, 2.24) is 19.5 Å². The van der Waals surface area contributed by atoms with Crippen LogP contribution in [0.3, 0.4) is 0 Å². The van der Waals surface area contributed by atoms with Gasteiger partial charge in [-0.2, -0.15) is 17.9 Å².